The third kappa shape index (κ3) is 2.16. The molecule has 102 valence electrons. The third-order valence-electron chi connectivity index (χ3n) is 5.11. The van der Waals surface area contributed by atoms with Gasteiger partial charge in [0.05, 0.1) is 12.0 Å². The minimum Gasteiger partial charge on any atom is -0.481 e. The van der Waals surface area contributed by atoms with Crippen molar-refractivity contribution in [3.8, 4) is 0 Å². The Kier molecular flexibility index (Phi) is 3.32. The lowest BCUT2D eigenvalue weighted by Gasteiger charge is -2.35. The topological polar surface area (TPSA) is 58.6 Å². The molecule has 0 aromatic carbocycles. The monoisotopic (exact) mass is 253 g/mol. The Morgan fingerprint density at radius 1 is 1.22 bits per heavy atom. The van der Waals surface area contributed by atoms with E-state index in [1.165, 1.54) is 6.42 Å². The number of ether oxygens (including phenoxy) is 1. The number of aliphatic carboxylic acids is 1. The predicted molar refractivity (Wildman–Crippen MR) is 67.3 cm³/mol. The molecule has 0 radical (unpaired) electrons. The maximum Gasteiger partial charge on any atom is 0.308 e. The van der Waals surface area contributed by atoms with Crippen molar-refractivity contribution in [3.63, 3.8) is 0 Å². The molecule has 1 aliphatic heterocycles. The average Bonchev–Trinajstić information content (AvgIpc) is 2.89. The van der Waals surface area contributed by atoms with E-state index in [4.69, 9.17) is 4.74 Å². The summed E-state index contributed by atoms with van der Waals surface area (Å²) in [6.07, 6.45) is 5.78. The molecule has 0 amide bonds. The normalized spacial score (nSPS) is 47.4. The van der Waals surface area contributed by atoms with Crippen LogP contribution in [-0.4, -0.2) is 35.9 Å². The molecule has 4 nitrogen and oxygen atoms in total. The number of hydrogen-bond donors (Lipinski definition) is 2. The van der Waals surface area contributed by atoms with E-state index in [1.807, 2.05) is 0 Å². The van der Waals surface area contributed by atoms with Crippen molar-refractivity contribution in [1.29, 1.82) is 0 Å². The van der Waals surface area contributed by atoms with E-state index in [9.17, 15) is 9.90 Å². The summed E-state index contributed by atoms with van der Waals surface area (Å²) >= 11 is 0. The van der Waals surface area contributed by atoms with Gasteiger partial charge in [-0.15, -0.1) is 0 Å². The lowest BCUT2D eigenvalue weighted by atomic mass is 9.83. The van der Waals surface area contributed by atoms with Gasteiger partial charge in [0.1, 0.15) is 0 Å². The number of rotatable bonds is 3. The van der Waals surface area contributed by atoms with Gasteiger partial charge in [-0.3, -0.25) is 4.79 Å². The summed E-state index contributed by atoms with van der Waals surface area (Å²) in [4.78, 5) is 11.4. The third-order valence-corrected chi connectivity index (χ3v) is 5.11. The highest BCUT2D eigenvalue weighted by molar-refractivity contribution is 5.72. The predicted octanol–water partition coefficient (Wildman–Crippen LogP) is 1.64. The minimum atomic E-state index is -0.597. The molecule has 0 aromatic rings. The lowest BCUT2D eigenvalue weighted by molar-refractivity contribution is -0.144. The van der Waals surface area contributed by atoms with Gasteiger partial charge in [0.25, 0.3) is 0 Å². The summed E-state index contributed by atoms with van der Waals surface area (Å²) in [5.74, 6) is 0.262. The first-order valence-corrected chi connectivity index (χ1v) is 7.25. The summed E-state index contributed by atoms with van der Waals surface area (Å²) in [6, 6.07) is 0.650. The van der Waals surface area contributed by atoms with Crippen molar-refractivity contribution in [2.75, 3.05) is 6.61 Å². The molecule has 4 heteroatoms. The fourth-order valence-corrected chi connectivity index (χ4v) is 4.31. The molecular formula is C14H23NO3. The van der Waals surface area contributed by atoms with Crippen LogP contribution in [0, 0.1) is 17.8 Å². The van der Waals surface area contributed by atoms with E-state index in [2.05, 4.69) is 12.2 Å². The lowest BCUT2D eigenvalue weighted by Crippen LogP contribution is -2.50. The van der Waals surface area contributed by atoms with Crippen LogP contribution in [0.4, 0.5) is 0 Å². The fraction of sp³-hybridized carbons (Fsp3) is 0.929. The van der Waals surface area contributed by atoms with Crippen LogP contribution in [0.15, 0.2) is 0 Å². The molecule has 6 atom stereocenters. The fourth-order valence-electron chi connectivity index (χ4n) is 4.31. The highest BCUT2D eigenvalue weighted by Crippen LogP contribution is 2.48. The SMILES string of the molecule is CC1CC(NC2C3CCC(C3)C2C(=O)O)CCO1. The average molecular weight is 253 g/mol. The molecule has 1 heterocycles. The second-order valence-corrected chi connectivity index (χ2v) is 6.29. The number of hydrogen-bond acceptors (Lipinski definition) is 3. The van der Waals surface area contributed by atoms with Crippen molar-refractivity contribution in [1.82, 2.24) is 5.32 Å². The van der Waals surface area contributed by atoms with E-state index < -0.39 is 5.97 Å². The van der Waals surface area contributed by atoms with Crippen molar-refractivity contribution in [2.24, 2.45) is 17.8 Å². The Bertz CT molecular complexity index is 333. The number of carboxylic acids is 1. The number of carbonyl (C=O) groups is 1. The van der Waals surface area contributed by atoms with Gasteiger partial charge in [-0.25, -0.2) is 0 Å². The van der Waals surface area contributed by atoms with Gasteiger partial charge in [-0.2, -0.15) is 0 Å². The van der Waals surface area contributed by atoms with Gasteiger partial charge in [-0.05, 0) is 50.9 Å². The Balaban J connectivity index is 1.65. The number of nitrogens with one attached hydrogen (secondary N) is 1. The van der Waals surface area contributed by atoms with E-state index in [0.717, 1.165) is 32.3 Å². The van der Waals surface area contributed by atoms with Crippen molar-refractivity contribution in [2.45, 2.75) is 57.2 Å². The van der Waals surface area contributed by atoms with E-state index in [-0.39, 0.29) is 12.0 Å². The zero-order chi connectivity index (χ0) is 12.7. The molecule has 3 fully saturated rings. The molecule has 18 heavy (non-hydrogen) atoms. The number of fused-ring (bicyclic) bond motifs is 2. The second-order valence-electron chi connectivity index (χ2n) is 6.29. The molecule has 6 unspecified atom stereocenters. The standard InChI is InChI=1S/C14H23NO3/c1-8-6-11(4-5-18-8)15-13-10-3-2-9(7-10)12(13)14(16)17/h8-13,15H,2-7H2,1H3,(H,16,17). The van der Waals surface area contributed by atoms with E-state index >= 15 is 0 Å². The smallest absolute Gasteiger partial charge is 0.308 e. The van der Waals surface area contributed by atoms with E-state index in [1.54, 1.807) is 0 Å². The van der Waals surface area contributed by atoms with Gasteiger partial charge >= 0.3 is 5.97 Å². The van der Waals surface area contributed by atoms with Gasteiger partial charge in [0.2, 0.25) is 0 Å². The molecule has 2 saturated carbocycles. The Hall–Kier alpha value is -0.610. The summed E-state index contributed by atoms with van der Waals surface area (Å²) in [5.41, 5.74) is 0. The van der Waals surface area contributed by atoms with E-state index in [0.29, 0.717) is 24.0 Å². The zero-order valence-electron chi connectivity index (χ0n) is 11.0. The second kappa shape index (κ2) is 4.82. The first kappa shape index (κ1) is 12.4. The quantitative estimate of drug-likeness (QED) is 0.803. The van der Waals surface area contributed by atoms with Crippen LogP contribution >= 0.6 is 0 Å². The largest absolute Gasteiger partial charge is 0.481 e. The molecule has 3 aliphatic rings. The van der Waals surface area contributed by atoms with Crippen LogP contribution in [0.2, 0.25) is 0 Å². The van der Waals surface area contributed by atoms with Crippen LogP contribution < -0.4 is 5.32 Å². The summed E-state index contributed by atoms with van der Waals surface area (Å²) in [5, 5.41) is 13.1. The van der Waals surface area contributed by atoms with Gasteiger partial charge in [0, 0.05) is 18.7 Å². The highest BCUT2D eigenvalue weighted by Gasteiger charge is 2.51. The first-order chi connectivity index (χ1) is 8.65. The first-order valence-electron chi connectivity index (χ1n) is 7.25. The van der Waals surface area contributed by atoms with Crippen LogP contribution in [0.25, 0.3) is 0 Å². The van der Waals surface area contributed by atoms with Crippen molar-refractivity contribution in [3.05, 3.63) is 0 Å². The minimum absolute atomic E-state index is 0.151. The zero-order valence-corrected chi connectivity index (χ0v) is 11.0. The summed E-state index contributed by atoms with van der Waals surface area (Å²) in [6.45, 7) is 2.90. The molecule has 1 saturated heterocycles. The maximum absolute atomic E-state index is 11.4. The summed E-state index contributed by atoms with van der Waals surface area (Å²) < 4.78 is 5.55. The molecule has 2 bridgehead atoms. The molecule has 2 aliphatic carbocycles. The van der Waals surface area contributed by atoms with Crippen molar-refractivity contribution < 1.29 is 14.6 Å². The molecule has 3 rings (SSSR count). The maximum atomic E-state index is 11.4. The highest BCUT2D eigenvalue weighted by atomic mass is 16.5. The van der Waals surface area contributed by atoms with Crippen LogP contribution in [0.1, 0.15) is 39.0 Å². The van der Waals surface area contributed by atoms with Crippen LogP contribution in [-0.2, 0) is 9.53 Å². The van der Waals surface area contributed by atoms with Gasteiger partial charge in [-0.1, -0.05) is 0 Å². The van der Waals surface area contributed by atoms with Crippen LogP contribution in [0.3, 0.4) is 0 Å². The Morgan fingerprint density at radius 3 is 2.72 bits per heavy atom. The molecule has 0 spiro atoms. The van der Waals surface area contributed by atoms with Gasteiger partial charge < -0.3 is 15.2 Å². The number of carboxylic acid groups (broad SMARTS) is 1. The van der Waals surface area contributed by atoms with Gasteiger partial charge in [0.15, 0.2) is 0 Å². The summed E-state index contributed by atoms with van der Waals surface area (Å²) in [7, 11) is 0. The Morgan fingerprint density at radius 2 is 2.00 bits per heavy atom. The van der Waals surface area contributed by atoms with Crippen LogP contribution in [0.5, 0.6) is 0 Å². The Labute approximate surface area is 108 Å². The van der Waals surface area contributed by atoms with Crippen molar-refractivity contribution >= 4 is 5.97 Å². The molecule has 0 aromatic heterocycles. The molecule has 2 N–H and O–H groups in total. The molecular weight excluding hydrogens is 230 g/mol.